The molecule has 94 valence electrons. The van der Waals surface area contributed by atoms with Crippen molar-refractivity contribution in [2.45, 2.75) is 13.5 Å². The SMILES string of the molecule is CNCc1cc(C)nc(-c2ccc(F)cc2Cl)n1. The Bertz CT molecular complexity index is 572. The first-order chi connectivity index (χ1) is 8.60. The van der Waals surface area contributed by atoms with Crippen LogP contribution < -0.4 is 5.32 Å². The van der Waals surface area contributed by atoms with Crippen molar-refractivity contribution >= 4 is 11.6 Å². The second-order valence-corrected chi connectivity index (χ2v) is 4.39. The van der Waals surface area contributed by atoms with Crippen molar-refractivity contribution < 1.29 is 4.39 Å². The fourth-order valence-corrected chi connectivity index (χ4v) is 1.95. The lowest BCUT2D eigenvalue weighted by molar-refractivity contribution is 0.628. The Hall–Kier alpha value is -1.52. The number of aryl methyl sites for hydroxylation is 1. The molecule has 1 aromatic carbocycles. The quantitative estimate of drug-likeness (QED) is 0.927. The molecule has 1 N–H and O–H groups in total. The van der Waals surface area contributed by atoms with Gasteiger partial charge in [0.15, 0.2) is 5.82 Å². The molecule has 0 saturated carbocycles. The smallest absolute Gasteiger partial charge is 0.161 e. The van der Waals surface area contributed by atoms with Gasteiger partial charge in [-0.25, -0.2) is 14.4 Å². The molecule has 0 saturated heterocycles. The highest BCUT2D eigenvalue weighted by Crippen LogP contribution is 2.26. The van der Waals surface area contributed by atoms with Crippen LogP contribution in [0.2, 0.25) is 5.02 Å². The summed E-state index contributed by atoms with van der Waals surface area (Å²) in [6, 6.07) is 6.11. The minimum absolute atomic E-state index is 0.316. The predicted molar refractivity (Wildman–Crippen MR) is 69.9 cm³/mol. The van der Waals surface area contributed by atoms with Crippen molar-refractivity contribution in [1.29, 1.82) is 0 Å². The van der Waals surface area contributed by atoms with Crippen LogP contribution in [0.3, 0.4) is 0 Å². The first kappa shape index (κ1) is 12.9. The minimum atomic E-state index is -0.369. The molecule has 0 unspecified atom stereocenters. The van der Waals surface area contributed by atoms with Gasteiger partial charge in [0.2, 0.25) is 0 Å². The summed E-state index contributed by atoms with van der Waals surface area (Å²) in [5.41, 5.74) is 2.37. The highest BCUT2D eigenvalue weighted by atomic mass is 35.5. The molecule has 5 heteroatoms. The number of nitrogens with zero attached hydrogens (tertiary/aromatic N) is 2. The van der Waals surface area contributed by atoms with Crippen LogP contribution in [0.1, 0.15) is 11.4 Å². The van der Waals surface area contributed by atoms with Crippen LogP contribution in [-0.4, -0.2) is 17.0 Å². The fourth-order valence-electron chi connectivity index (χ4n) is 1.70. The molecule has 1 aromatic heterocycles. The molecule has 0 aliphatic heterocycles. The number of hydrogen-bond donors (Lipinski definition) is 1. The normalized spacial score (nSPS) is 10.7. The van der Waals surface area contributed by atoms with Crippen LogP contribution >= 0.6 is 11.6 Å². The maximum Gasteiger partial charge on any atom is 0.161 e. The summed E-state index contributed by atoms with van der Waals surface area (Å²) in [6.07, 6.45) is 0. The predicted octanol–water partition coefficient (Wildman–Crippen LogP) is 2.96. The minimum Gasteiger partial charge on any atom is -0.314 e. The summed E-state index contributed by atoms with van der Waals surface area (Å²) in [6.45, 7) is 2.54. The average molecular weight is 266 g/mol. The van der Waals surface area contributed by atoms with Crippen LogP contribution in [0.15, 0.2) is 24.3 Å². The van der Waals surface area contributed by atoms with Crippen molar-refractivity contribution in [2.75, 3.05) is 7.05 Å². The van der Waals surface area contributed by atoms with E-state index >= 15 is 0 Å². The first-order valence-electron chi connectivity index (χ1n) is 5.54. The Morgan fingerprint density at radius 1 is 1.28 bits per heavy atom. The van der Waals surface area contributed by atoms with Crippen LogP contribution in [0.4, 0.5) is 4.39 Å². The highest BCUT2D eigenvalue weighted by Gasteiger charge is 2.09. The molecule has 0 spiro atoms. The lowest BCUT2D eigenvalue weighted by Gasteiger charge is -2.07. The van der Waals surface area contributed by atoms with Crippen LogP contribution in [0.5, 0.6) is 0 Å². The molecule has 18 heavy (non-hydrogen) atoms. The van der Waals surface area contributed by atoms with Gasteiger partial charge in [0.1, 0.15) is 5.82 Å². The zero-order valence-corrected chi connectivity index (χ0v) is 10.9. The van der Waals surface area contributed by atoms with Crippen molar-refractivity contribution in [3.05, 3.63) is 46.5 Å². The summed E-state index contributed by atoms with van der Waals surface area (Å²) >= 11 is 6.01. The van der Waals surface area contributed by atoms with E-state index in [0.29, 0.717) is 23.0 Å². The van der Waals surface area contributed by atoms with E-state index in [-0.39, 0.29) is 5.82 Å². The van der Waals surface area contributed by atoms with E-state index in [1.165, 1.54) is 12.1 Å². The molecule has 2 rings (SSSR count). The summed E-state index contributed by atoms with van der Waals surface area (Å²) < 4.78 is 13.0. The molecule has 2 aromatic rings. The molecule has 1 heterocycles. The van der Waals surface area contributed by atoms with Gasteiger partial charge in [0, 0.05) is 17.8 Å². The van der Waals surface area contributed by atoms with Crippen molar-refractivity contribution in [1.82, 2.24) is 15.3 Å². The van der Waals surface area contributed by atoms with Gasteiger partial charge < -0.3 is 5.32 Å². The Morgan fingerprint density at radius 3 is 2.72 bits per heavy atom. The molecule has 0 aliphatic carbocycles. The average Bonchev–Trinajstić information content (AvgIpc) is 2.28. The summed E-state index contributed by atoms with van der Waals surface area (Å²) in [4.78, 5) is 8.73. The second-order valence-electron chi connectivity index (χ2n) is 3.98. The van der Waals surface area contributed by atoms with Gasteiger partial charge >= 0.3 is 0 Å². The number of nitrogens with one attached hydrogen (secondary N) is 1. The third-order valence-corrected chi connectivity index (χ3v) is 2.75. The molecule has 3 nitrogen and oxygen atoms in total. The zero-order chi connectivity index (χ0) is 13.1. The Kier molecular flexibility index (Phi) is 3.89. The fraction of sp³-hybridized carbons (Fsp3) is 0.231. The van der Waals surface area contributed by atoms with E-state index in [1.807, 2.05) is 20.0 Å². The maximum atomic E-state index is 13.0. The van der Waals surface area contributed by atoms with E-state index in [2.05, 4.69) is 15.3 Å². The van der Waals surface area contributed by atoms with Crippen LogP contribution in [0, 0.1) is 12.7 Å². The zero-order valence-electron chi connectivity index (χ0n) is 10.2. The Morgan fingerprint density at radius 2 is 2.06 bits per heavy atom. The van der Waals surface area contributed by atoms with Gasteiger partial charge in [-0.2, -0.15) is 0 Å². The number of halogens is 2. The van der Waals surface area contributed by atoms with Crippen LogP contribution in [-0.2, 0) is 6.54 Å². The van der Waals surface area contributed by atoms with Gasteiger partial charge in [-0.15, -0.1) is 0 Å². The highest BCUT2D eigenvalue weighted by molar-refractivity contribution is 6.33. The second kappa shape index (κ2) is 5.42. The molecule has 0 radical (unpaired) electrons. The van der Waals surface area contributed by atoms with Crippen molar-refractivity contribution in [3.8, 4) is 11.4 Å². The van der Waals surface area contributed by atoms with Gasteiger partial charge in [-0.1, -0.05) is 11.6 Å². The van der Waals surface area contributed by atoms with E-state index in [1.54, 1.807) is 6.07 Å². The van der Waals surface area contributed by atoms with Crippen molar-refractivity contribution in [2.24, 2.45) is 0 Å². The van der Waals surface area contributed by atoms with E-state index in [0.717, 1.165) is 11.4 Å². The monoisotopic (exact) mass is 265 g/mol. The number of hydrogen-bond acceptors (Lipinski definition) is 3. The number of aromatic nitrogens is 2. The van der Waals surface area contributed by atoms with Gasteiger partial charge in [-0.3, -0.25) is 0 Å². The molecule has 0 aliphatic rings. The lowest BCUT2D eigenvalue weighted by atomic mass is 10.2. The van der Waals surface area contributed by atoms with Crippen LogP contribution in [0.25, 0.3) is 11.4 Å². The van der Waals surface area contributed by atoms with Crippen molar-refractivity contribution in [3.63, 3.8) is 0 Å². The van der Waals surface area contributed by atoms with Gasteiger partial charge in [-0.05, 0) is 38.2 Å². The molecule has 0 atom stereocenters. The van der Waals surface area contributed by atoms with E-state index < -0.39 is 0 Å². The topological polar surface area (TPSA) is 37.8 Å². The first-order valence-corrected chi connectivity index (χ1v) is 5.92. The molecular formula is C13H13ClFN3. The molecular weight excluding hydrogens is 253 g/mol. The van der Waals surface area contributed by atoms with E-state index in [4.69, 9.17) is 11.6 Å². The summed E-state index contributed by atoms with van der Waals surface area (Å²) in [7, 11) is 1.85. The number of benzene rings is 1. The number of rotatable bonds is 3. The Balaban J connectivity index is 2.49. The third kappa shape index (κ3) is 2.83. The third-order valence-electron chi connectivity index (χ3n) is 2.44. The molecule has 0 fully saturated rings. The largest absolute Gasteiger partial charge is 0.314 e. The Labute approximate surface area is 110 Å². The molecule has 0 amide bonds. The van der Waals surface area contributed by atoms with Gasteiger partial charge in [0.25, 0.3) is 0 Å². The maximum absolute atomic E-state index is 13.0. The van der Waals surface area contributed by atoms with E-state index in [9.17, 15) is 4.39 Å². The summed E-state index contributed by atoms with van der Waals surface area (Å²) in [5.74, 6) is 0.150. The molecule has 0 bridgehead atoms. The standard InChI is InChI=1S/C13H13ClFN3/c1-8-5-10(7-16-2)18-13(17-8)11-4-3-9(15)6-12(11)14/h3-6,16H,7H2,1-2H3. The lowest BCUT2D eigenvalue weighted by Crippen LogP contribution is -2.08. The van der Waals surface area contributed by atoms with Gasteiger partial charge in [0.05, 0.1) is 10.7 Å². The summed E-state index contributed by atoms with van der Waals surface area (Å²) in [5, 5.41) is 3.35.